The van der Waals surface area contributed by atoms with Crippen molar-refractivity contribution in [2.75, 3.05) is 19.8 Å². The zero-order valence-corrected chi connectivity index (χ0v) is 11.7. The Bertz CT molecular complexity index is 431. The minimum Gasteiger partial charge on any atom is -0.370 e. The van der Waals surface area contributed by atoms with Gasteiger partial charge in [-0.05, 0) is 29.8 Å². The van der Waals surface area contributed by atoms with Gasteiger partial charge in [-0.3, -0.25) is 9.48 Å². The molecule has 5 nitrogen and oxygen atoms in total. The van der Waals surface area contributed by atoms with E-state index in [9.17, 15) is 4.79 Å². The molecule has 2 heterocycles. The molecular weight excluding hydrogens is 286 g/mol. The molecule has 0 N–H and O–H groups in total. The number of nitrogens with zero attached hydrogens (tertiary/aromatic N) is 3. The van der Waals surface area contributed by atoms with Crippen LogP contribution in [0.4, 0.5) is 0 Å². The predicted octanol–water partition coefficient (Wildman–Crippen LogP) is 1.33. The molecule has 1 aliphatic rings. The number of halogens is 1. The fourth-order valence-electron chi connectivity index (χ4n) is 1.92. The maximum atomic E-state index is 11.7. The van der Waals surface area contributed by atoms with Gasteiger partial charge in [-0.2, -0.15) is 5.10 Å². The molecule has 0 aliphatic carbocycles. The summed E-state index contributed by atoms with van der Waals surface area (Å²) in [5, 5.41) is 4.42. The standard InChI is InChI=1S/C11H16BrN3O2/c1-3-15-9(11(12)8(2)13-15)6-14-4-5-17-7-10(14)16/h3-7H2,1-2H3. The van der Waals surface area contributed by atoms with Gasteiger partial charge in [-0.15, -0.1) is 0 Å². The van der Waals surface area contributed by atoms with Crippen molar-refractivity contribution in [3.8, 4) is 0 Å². The molecule has 94 valence electrons. The van der Waals surface area contributed by atoms with Crippen LogP contribution >= 0.6 is 15.9 Å². The average molecular weight is 302 g/mol. The molecule has 0 bridgehead atoms. The van der Waals surface area contributed by atoms with Crippen molar-refractivity contribution < 1.29 is 9.53 Å². The second-order valence-corrected chi connectivity index (χ2v) is 4.82. The number of amides is 1. The zero-order chi connectivity index (χ0) is 12.4. The lowest BCUT2D eigenvalue weighted by atomic mass is 10.3. The van der Waals surface area contributed by atoms with Gasteiger partial charge in [0.15, 0.2) is 0 Å². The molecule has 6 heteroatoms. The molecule has 1 aromatic rings. The second-order valence-electron chi connectivity index (χ2n) is 4.03. The van der Waals surface area contributed by atoms with Gasteiger partial charge in [0.05, 0.1) is 29.0 Å². The Kier molecular flexibility index (Phi) is 3.83. The summed E-state index contributed by atoms with van der Waals surface area (Å²) in [6.45, 7) is 6.86. The molecule has 0 saturated carbocycles. The summed E-state index contributed by atoms with van der Waals surface area (Å²) < 4.78 is 8.05. The van der Waals surface area contributed by atoms with Crippen LogP contribution in [0.25, 0.3) is 0 Å². The van der Waals surface area contributed by atoms with E-state index in [0.717, 1.165) is 22.4 Å². The monoisotopic (exact) mass is 301 g/mol. The van der Waals surface area contributed by atoms with E-state index >= 15 is 0 Å². The number of hydrogen-bond donors (Lipinski definition) is 0. The number of hydrogen-bond acceptors (Lipinski definition) is 3. The number of ether oxygens (including phenoxy) is 1. The summed E-state index contributed by atoms with van der Waals surface area (Å²) in [6, 6.07) is 0. The van der Waals surface area contributed by atoms with Crippen molar-refractivity contribution in [2.45, 2.75) is 26.9 Å². The second kappa shape index (κ2) is 5.18. The molecule has 0 aromatic carbocycles. The summed E-state index contributed by atoms with van der Waals surface area (Å²) >= 11 is 3.54. The molecule has 2 rings (SSSR count). The van der Waals surface area contributed by atoms with Gasteiger partial charge in [0.1, 0.15) is 6.61 Å². The number of rotatable bonds is 3. The Balaban J connectivity index is 2.19. The molecule has 0 radical (unpaired) electrons. The normalized spacial score (nSPS) is 16.6. The van der Waals surface area contributed by atoms with Crippen LogP contribution < -0.4 is 0 Å². The van der Waals surface area contributed by atoms with Crippen LogP contribution in [-0.4, -0.2) is 40.3 Å². The van der Waals surface area contributed by atoms with Gasteiger partial charge >= 0.3 is 0 Å². The Labute approximate surface area is 109 Å². The number of carbonyl (C=O) groups excluding carboxylic acids is 1. The third kappa shape index (κ3) is 2.52. The molecule has 1 fully saturated rings. The lowest BCUT2D eigenvalue weighted by molar-refractivity contribution is -0.143. The first-order valence-electron chi connectivity index (χ1n) is 5.70. The summed E-state index contributed by atoms with van der Waals surface area (Å²) in [5.41, 5.74) is 2.02. The summed E-state index contributed by atoms with van der Waals surface area (Å²) in [6.07, 6.45) is 0. The molecular formula is C11H16BrN3O2. The maximum Gasteiger partial charge on any atom is 0.249 e. The summed E-state index contributed by atoms with van der Waals surface area (Å²) in [7, 11) is 0. The Hall–Kier alpha value is -0.880. The van der Waals surface area contributed by atoms with E-state index in [4.69, 9.17) is 4.74 Å². The third-order valence-electron chi connectivity index (χ3n) is 2.88. The van der Waals surface area contributed by atoms with E-state index in [1.54, 1.807) is 0 Å². The predicted molar refractivity (Wildman–Crippen MR) is 66.6 cm³/mol. The van der Waals surface area contributed by atoms with Crippen LogP contribution in [0.2, 0.25) is 0 Å². The highest BCUT2D eigenvalue weighted by Crippen LogP contribution is 2.22. The first-order chi connectivity index (χ1) is 8.13. The fraction of sp³-hybridized carbons (Fsp3) is 0.636. The maximum absolute atomic E-state index is 11.7. The quantitative estimate of drug-likeness (QED) is 0.846. The largest absolute Gasteiger partial charge is 0.370 e. The van der Waals surface area contributed by atoms with Crippen LogP contribution in [0.15, 0.2) is 4.47 Å². The lowest BCUT2D eigenvalue weighted by Gasteiger charge is -2.27. The number of morpholine rings is 1. The first kappa shape index (κ1) is 12.6. The van der Waals surface area contributed by atoms with Crippen LogP contribution in [0.1, 0.15) is 18.3 Å². The Morgan fingerprint density at radius 3 is 2.94 bits per heavy atom. The van der Waals surface area contributed by atoms with Crippen LogP contribution in [0.5, 0.6) is 0 Å². The van der Waals surface area contributed by atoms with Gasteiger partial charge < -0.3 is 9.64 Å². The van der Waals surface area contributed by atoms with Crippen molar-refractivity contribution in [3.63, 3.8) is 0 Å². The SMILES string of the molecule is CCn1nc(C)c(Br)c1CN1CCOCC1=O. The highest BCUT2D eigenvalue weighted by Gasteiger charge is 2.22. The van der Waals surface area contributed by atoms with Crippen molar-refractivity contribution in [2.24, 2.45) is 0 Å². The third-order valence-corrected chi connectivity index (χ3v) is 3.91. The fourth-order valence-corrected chi connectivity index (χ4v) is 2.33. The van der Waals surface area contributed by atoms with E-state index in [-0.39, 0.29) is 12.5 Å². The van der Waals surface area contributed by atoms with E-state index in [2.05, 4.69) is 21.0 Å². The van der Waals surface area contributed by atoms with E-state index in [1.807, 2.05) is 23.4 Å². The number of aromatic nitrogens is 2. The van der Waals surface area contributed by atoms with E-state index < -0.39 is 0 Å². The Morgan fingerprint density at radius 2 is 2.29 bits per heavy atom. The summed E-state index contributed by atoms with van der Waals surface area (Å²) in [5.74, 6) is 0.0460. The molecule has 1 aliphatic heterocycles. The van der Waals surface area contributed by atoms with Crippen LogP contribution in [-0.2, 0) is 22.6 Å². The van der Waals surface area contributed by atoms with Crippen LogP contribution in [0.3, 0.4) is 0 Å². The van der Waals surface area contributed by atoms with E-state index in [0.29, 0.717) is 19.7 Å². The van der Waals surface area contributed by atoms with Crippen molar-refractivity contribution in [1.82, 2.24) is 14.7 Å². The molecule has 1 aromatic heterocycles. The average Bonchev–Trinajstić information content (AvgIpc) is 2.59. The van der Waals surface area contributed by atoms with Crippen molar-refractivity contribution in [3.05, 3.63) is 15.9 Å². The zero-order valence-electron chi connectivity index (χ0n) is 10.1. The number of carbonyl (C=O) groups is 1. The van der Waals surface area contributed by atoms with Crippen molar-refractivity contribution >= 4 is 21.8 Å². The minimum absolute atomic E-state index is 0.0460. The Morgan fingerprint density at radius 1 is 1.53 bits per heavy atom. The van der Waals surface area contributed by atoms with E-state index in [1.165, 1.54) is 0 Å². The van der Waals surface area contributed by atoms with Gasteiger partial charge in [-0.1, -0.05) is 0 Å². The molecule has 0 unspecified atom stereocenters. The van der Waals surface area contributed by atoms with Gasteiger partial charge in [0.2, 0.25) is 5.91 Å². The van der Waals surface area contributed by atoms with Crippen molar-refractivity contribution in [1.29, 1.82) is 0 Å². The van der Waals surface area contributed by atoms with Crippen LogP contribution in [0, 0.1) is 6.92 Å². The molecule has 17 heavy (non-hydrogen) atoms. The smallest absolute Gasteiger partial charge is 0.249 e. The first-order valence-corrected chi connectivity index (χ1v) is 6.50. The van der Waals surface area contributed by atoms with Gasteiger partial charge in [0, 0.05) is 13.1 Å². The molecule has 0 spiro atoms. The van der Waals surface area contributed by atoms with Gasteiger partial charge in [-0.25, -0.2) is 0 Å². The molecule has 1 saturated heterocycles. The van der Waals surface area contributed by atoms with Gasteiger partial charge in [0.25, 0.3) is 0 Å². The lowest BCUT2D eigenvalue weighted by Crippen LogP contribution is -2.41. The topological polar surface area (TPSA) is 47.4 Å². The molecule has 1 amide bonds. The highest BCUT2D eigenvalue weighted by molar-refractivity contribution is 9.10. The highest BCUT2D eigenvalue weighted by atomic mass is 79.9. The molecule has 0 atom stereocenters. The number of aryl methyl sites for hydroxylation is 2. The minimum atomic E-state index is 0.0460. The summed E-state index contributed by atoms with van der Waals surface area (Å²) in [4.78, 5) is 13.5.